The average Bonchev–Trinajstić information content (AvgIpc) is 2.89. The number of amides is 1. The predicted molar refractivity (Wildman–Crippen MR) is 151 cm³/mol. The van der Waals surface area contributed by atoms with E-state index in [4.69, 9.17) is 0 Å². The van der Waals surface area contributed by atoms with E-state index in [1.54, 1.807) is 18.2 Å². The number of benzene rings is 3. The van der Waals surface area contributed by atoms with Crippen LogP contribution in [0.3, 0.4) is 0 Å². The number of rotatable bonds is 10. The number of nitrogens with one attached hydrogen (secondary N) is 2. The van der Waals surface area contributed by atoms with Crippen LogP contribution in [0.4, 0.5) is 22.0 Å². The zero-order valence-electron chi connectivity index (χ0n) is 22.6. The molecule has 0 radical (unpaired) electrons. The van der Waals surface area contributed by atoms with Crippen molar-refractivity contribution in [1.29, 1.82) is 5.26 Å². The topological polar surface area (TPSA) is 99.1 Å². The van der Waals surface area contributed by atoms with Gasteiger partial charge in [0.1, 0.15) is 23.7 Å². The minimum atomic E-state index is -4.82. The Kier molecular flexibility index (Phi) is 10.5. The predicted octanol–water partition coefficient (Wildman–Crippen LogP) is 6.27. The van der Waals surface area contributed by atoms with Crippen molar-refractivity contribution < 1.29 is 35.2 Å². The molecule has 3 aromatic carbocycles. The molecule has 3 rings (SSSR count). The second kappa shape index (κ2) is 13.3. The number of nitrogens with zero attached hydrogens (tertiary/aromatic N) is 1. The van der Waals surface area contributed by atoms with Crippen LogP contribution in [0.15, 0.2) is 70.0 Å². The van der Waals surface area contributed by atoms with Crippen molar-refractivity contribution in [3.05, 3.63) is 87.9 Å². The summed E-state index contributed by atoms with van der Waals surface area (Å²) in [5, 5.41) is 14.2. The fourth-order valence-corrected chi connectivity index (χ4v) is 5.29. The SMILES string of the molecule is CC(C)C(N[C@@H](c1ccc(-c2ccc(S(C)(=O)=O)cc2)cc1)C(F)(F)F)C(=O)N[C@H](C#N)Cc1c(F)cc(Br)cc1F. The number of nitriles is 1. The van der Waals surface area contributed by atoms with Gasteiger partial charge in [0.15, 0.2) is 9.84 Å². The van der Waals surface area contributed by atoms with Crippen LogP contribution in [0.25, 0.3) is 11.1 Å². The second-order valence-electron chi connectivity index (χ2n) is 10.0. The van der Waals surface area contributed by atoms with E-state index in [0.717, 1.165) is 18.4 Å². The lowest BCUT2D eigenvalue weighted by Gasteiger charge is -2.30. The van der Waals surface area contributed by atoms with E-state index in [9.17, 15) is 40.4 Å². The van der Waals surface area contributed by atoms with Crippen LogP contribution in [0.1, 0.15) is 31.0 Å². The Morgan fingerprint density at radius 1 is 0.976 bits per heavy atom. The lowest BCUT2D eigenvalue weighted by molar-refractivity contribution is -0.161. The van der Waals surface area contributed by atoms with E-state index in [1.165, 1.54) is 50.2 Å². The minimum Gasteiger partial charge on any atom is -0.339 e. The van der Waals surface area contributed by atoms with Crippen molar-refractivity contribution >= 4 is 31.7 Å². The highest BCUT2D eigenvalue weighted by Crippen LogP contribution is 2.35. The van der Waals surface area contributed by atoms with E-state index in [0.29, 0.717) is 11.1 Å². The molecule has 13 heteroatoms. The molecule has 0 aliphatic carbocycles. The van der Waals surface area contributed by atoms with Gasteiger partial charge in [0, 0.05) is 22.7 Å². The van der Waals surface area contributed by atoms with Gasteiger partial charge in [-0.3, -0.25) is 10.1 Å². The number of sulfone groups is 1. The van der Waals surface area contributed by atoms with Crippen LogP contribution < -0.4 is 10.6 Å². The Hall–Kier alpha value is -3.34. The molecular weight excluding hydrogens is 645 g/mol. The first-order valence-corrected chi connectivity index (χ1v) is 15.3. The lowest BCUT2D eigenvalue weighted by Crippen LogP contribution is -2.53. The monoisotopic (exact) mass is 671 g/mol. The van der Waals surface area contributed by atoms with Crippen LogP contribution in [-0.4, -0.2) is 38.8 Å². The molecule has 224 valence electrons. The summed E-state index contributed by atoms with van der Waals surface area (Å²) in [6, 6.07) is 9.91. The molecule has 1 unspecified atom stereocenters. The maximum absolute atomic E-state index is 14.3. The van der Waals surface area contributed by atoms with Crippen LogP contribution in [0, 0.1) is 28.9 Å². The first-order chi connectivity index (χ1) is 19.5. The molecule has 0 saturated heterocycles. The highest BCUT2D eigenvalue weighted by molar-refractivity contribution is 9.10. The van der Waals surface area contributed by atoms with Gasteiger partial charge in [0.25, 0.3) is 0 Å². The van der Waals surface area contributed by atoms with Gasteiger partial charge in [-0.1, -0.05) is 66.2 Å². The number of hydrogen-bond donors (Lipinski definition) is 2. The Morgan fingerprint density at radius 3 is 1.90 bits per heavy atom. The molecule has 0 fully saturated rings. The second-order valence-corrected chi connectivity index (χ2v) is 13.0. The van der Waals surface area contributed by atoms with E-state index < -0.39 is 69.6 Å². The first kappa shape index (κ1) is 33.2. The molecule has 2 N–H and O–H groups in total. The fraction of sp³-hybridized carbons (Fsp3) is 0.310. The number of carbonyl (C=O) groups is 1. The quantitative estimate of drug-likeness (QED) is 0.248. The van der Waals surface area contributed by atoms with Crippen molar-refractivity contribution in [2.75, 3.05) is 6.26 Å². The summed E-state index contributed by atoms with van der Waals surface area (Å²) >= 11 is 2.95. The average molecular weight is 673 g/mol. The van der Waals surface area contributed by atoms with Crippen LogP contribution >= 0.6 is 15.9 Å². The van der Waals surface area contributed by atoms with E-state index in [-0.39, 0.29) is 14.9 Å². The van der Waals surface area contributed by atoms with Gasteiger partial charge in [0.2, 0.25) is 5.91 Å². The Balaban J connectivity index is 1.82. The van der Waals surface area contributed by atoms with Gasteiger partial charge in [0.05, 0.1) is 17.0 Å². The van der Waals surface area contributed by atoms with Crippen LogP contribution in [-0.2, 0) is 21.1 Å². The third-order valence-electron chi connectivity index (χ3n) is 6.47. The summed E-state index contributed by atoms with van der Waals surface area (Å²) in [5.74, 6) is -3.49. The van der Waals surface area contributed by atoms with Crippen LogP contribution in [0.5, 0.6) is 0 Å². The summed E-state index contributed by atoms with van der Waals surface area (Å²) in [4.78, 5) is 13.2. The normalized spacial score (nSPS) is 14.2. The Morgan fingerprint density at radius 2 is 1.48 bits per heavy atom. The first-order valence-electron chi connectivity index (χ1n) is 12.6. The van der Waals surface area contributed by atoms with Crippen molar-refractivity contribution in [3.63, 3.8) is 0 Å². The molecule has 42 heavy (non-hydrogen) atoms. The molecule has 0 aliphatic rings. The molecule has 0 saturated carbocycles. The number of hydrogen-bond acceptors (Lipinski definition) is 5. The number of carbonyl (C=O) groups excluding carboxylic acids is 1. The van der Waals surface area contributed by atoms with Crippen molar-refractivity contribution in [3.8, 4) is 17.2 Å². The summed E-state index contributed by atoms with van der Waals surface area (Å²) < 4.78 is 94.7. The molecule has 0 bridgehead atoms. The summed E-state index contributed by atoms with van der Waals surface area (Å²) in [5.41, 5.74) is 0.500. The van der Waals surface area contributed by atoms with Crippen LogP contribution in [0.2, 0.25) is 0 Å². The van der Waals surface area contributed by atoms with Gasteiger partial charge in [-0.05, 0) is 46.9 Å². The summed E-state index contributed by atoms with van der Waals surface area (Å²) in [6.45, 7) is 3.03. The fourth-order valence-electron chi connectivity index (χ4n) is 4.25. The Bertz CT molecular complexity index is 1550. The number of halogens is 6. The summed E-state index contributed by atoms with van der Waals surface area (Å²) in [7, 11) is -3.41. The highest BCUT2D eigenvalue weighted by Gasteiger charge is 2.43. The van der Waals surface area contributed by atoms with Gasteiger partial charge in [-0.2, -0.15) is 18.4 Å². The van der Waals surface area contributed by atoms with E-state index >= 15 is 0 Å². The van der Waals surface area contributed by atoms with Crippen molar-refractivity contribution in [2.24, 2.45) is 5.92 Å². The molecule has 0 aromatic heterocycles. The molecule has 0 heterocycles. The van der Waals surface area contributed by atoms with Gasteiger partial charge in [-0.15, -0.1) is 0 Å². The van der Waals surface area contributed by atoms with Crippen molar-refractivity contribution in [1.82, 2.24) is 10.6 Å². The molecule has 3 aromatic rings. The largest absolute Gasteiger partial charge is 0.407 e. The Labute approximate surface area is 249 Å². The minimum absolute atomic E-state index is 0.105. The lowest BCUT2D eigenvalue weighted by atomic mass is 9.97. The molecule has 0 aliphatic heterocycles. The van der Waals surface area contributed by atoms with Gasteiger partial charge in [-0.25, -0.2) is 17.2 Å². The van der Waals surface area contributed by atoms with E-state index in [2.05, 4.69) is 26.6 Å². The van der Waals surface area contributed by atoms with Crippen molar-refractivity contribution in [2.45, 2.75) is 49.5 Å². The highest BCUT2D eigenvalue weighted by atomic mass is 79.9. The van der Waals surface area contributed by atoms with Gasteiger partial charge < -0.3 is 5.32 Å². The maximum Gasteiger partial charge on any atom is 0.407 e. The maximum atomic E-state index is 14.3. The third-order valence-corrected chi connectivity index (χ3v) is 8.06. The third kappa shape index (κ3) is 8.36. The molecular formula is C29H27BrF5N3O3S. The molecule has 1 amide bonds. The number of alkyl halides is 3. The zero-order valence-corrected chi connectivity index (χ0v) is 25.0. The van der Waals surface area contributed by atoms with E-state index in [1.807, 2.05) is 0 Å². The van der Waals surface area contributed by atoms with Gasteiger partial charge >= 0.3 is 6.18 Å². The molecule has 0 spiro atoms. The molecule has 6 nitrogen and oxygen atoms in total. The standard InChI is InChI=1S/C29H27BrF5N3O3S/c1-16(2)26(28(39)37-21(15-36)14-23-24(31)12-20(30)13-25(23)32)38-27(29(33,34)35)19-6-4-17(5-7-19)18-8-10-22(11-9-18)42(3,40)41/h4-13,16,21,26-27,38H,14H2,1-3H3,(H,37,39)/t21-,26?,27-/m0/s1. The smallest absolute Gasteiger partial charge is 0.339 e. The zero-order chi connectivity index (χ0) is 31.4. The molecule has 3 atom stereocenters. The summed E-state index contributed by atoms with van der Waals surface area (Å²) in [6.07, 6.45) is -4.29.